The number of nitrogens with zero attached hydrogens (tertiary/aromatic N) is 1. The molecule has 2 aromatic rings. The molecule has 0 spiro atoms. The summed E-state index contributed by atoms with van der Waals surface area (Å²) in [7, 11) is 0. The molecule has 1 fully saturated rings. The van der Waals surface area contributed by atoms with Gasteiger partial charge in [0.2, 0.25) is 0 Å². The van der Waals surface area contributed by atoms with Crippen molar-refractivity contribution in [3.05, 3.63) is 59.7 Å². The van der Waals surface area contributed by atoms with Crippen LogP contribution in [0, 0.1) is 0 Å². The van der Waals surface area contributed by atoms with Gasteiger partial charge in [0, 0.05) is 29.9 Å². The number of likely N-dealkylation sites (tertiary alicyclic amines) is 1. The molecule has 0 unspecified atom stereocenters. The van der Waals surface area contributed by atoms with E-state index in [0.29, 0.717) is 29.2 Å². The van der Waals surface area contributed by atoms with Gasteiger partial charge < -0.3 is 15.0 Å². The van der Waals surface area contributed by atoms with E-state index in [1.54, 1.807) is 36.4 Å². The summed E-state index contributed by atoms with van der Waals surface area (Å²) in [6, 6.07) is 14.3. The average Bonchev–Trinajstić information content (AvgIpc) is 3.02. The zero-order valence-corrected chi connectivity index (χ0v) is 16.4. The normalized spacial score (nSPS) is 14.2. The second-order valence-corrected chi connectivity index (χ2v) is 7.11. The fourth-order valence-corrected chi connectivity index (χ4v) is 3.30. The zero-order valence-electron chi connectivity index (χ0n) is 16.4. The highest BCUT2D eigenvalue weighted by molar-refractivity contribution is 6.04. The Labute approximate surface area is 166 Å². The quantitative estimate of drug-likeness (QED) is 0.787. The van der Waals surface area contributed by atoms with Gasteiger partial charge in [-0.15, -0.1) is 0 Å². The first kappa shape index (κ1) is 19.9. The molecule has 28 heavy (non-hydrogen) atoms. The number of anilines is 1. The maximum Gasteiger partial charge on any atom is 0.255 e. The number of ether oxygens (including phenoxy) is 1. The molecule has 1 heterocycles. The predicted molar refractivity (Wildman–Crippen MR) is 111 cm³/mol. The molecule has 148 valence electrons. The molecule has 0 saturated carbocycles. The molecule has 5 nitrogen and oxygen atoms in total. The summed E-state index contributed by atoms with van der Waals surface area (Å²) in [6.07, 6.45) is 5.44. The number of nitrogens with one attached hydrogen (secondary N) is 1. The Morgan fingerprint density at radius 3 is 2.36 bits per heavy atom. The minimum atomic E-state index is -0.200. The molecular weight excluding hydrogens is 352 g/mol. The summed E-state index contributed by atoms with van der Waals surface area (Å²) in [5.41, 5.74) is 1.87. The van der Waals surface area contributed by atoms with Gasteiger partial charge in [-0.2, -0.15) is 0 Å². The maximum absolute atomic E-state index is 12.7. The van der Waals surface area contributed by atoms with Gasteiger partial charge in [-0.05, 0) is 61.7 Å². The van der Waals surface area contributed by atoms with Gasteiger partial charge >= 0.3 is 0 Å². The topological polar surface area (TPSA) is 58.6 Å². The van der Waals surface area contributed by atoms with Crippen molar-refractivity contribution in [2.45, 2.75) is 39.0 Å². The second-order valence-electron chi connectivity index (χ2n) is 7.11. The van der Waals surface area contributed by atoms with E-state index in [1.807, 2.05) is 24.0 Å². The van der Waals surface area contributed by atoms with E-state index in [2.05, 4.69) is 5.32 Å². The van der Waals surface area contributed by atoms with Crippen LogP contribution in [0.2, 0.25) is 0 Å². The van der Waals surface area contributed by atoms with Crippen molar-refractivity contribution >= 4 is 17.5 Å². The van der Waals surface area contributed by atoms with Crippen LogP contribution in [0.4, 0.5) is 5.69 Å². The van der Waals surface area contributed by atoms with E-state index < -0.39 is 0 Å². The standard InChI is InChI=1S/C23H28N2O3/c1-2-16-28-21-9-7-8-19(17-21)22(26)24-20-12-10-18(11-13-20)23(27)25-14-5-3-4-6-15-25/h7-13,17H,2-6,14-16H2,1H3,(H,24,26). The van der Waals surface area contributed by atoms with Gasteiger partial charge in [0.25, 0.3) is 11.8 Å². The highest BCUT2D eigenvalue weighted by Gasteiger charge is 2.17. The Morgan fingerprint density at radius 1 is 0.964 bits per heavy atom. The largest absolute Gasteiger partial charge is 0.494 e. The average molecular weight is 380 g/mol. The van der Waals surface area contributed by atoms with Crippen molar-refractivity contribution in [2.24, 2.45) is 0 Å². The lowest BCUT2D eigenvalue weighted by atomic mass is 10.1. The molecule has 1 N–H and O–H groups in total. The Balaban J connectivity index is 1.62. The number of amides is 2. The van der Waals surface area contributed by atoms with E-state index in [-0.39, 0.29) is 11.8 Å². The van der Waals surface area contributed by atoms with Gasteiger partial charge in [0.05, 0.1) is 6.61 Å². The van der Waals surface area contributed by atoms with Gasteiger partial charge in [-0.25, -0.2) is 0 Å². The first-order chi connectivity index (χ1) is 13.7. The minimum Gasteiger partial charge on any atom is -0.494 e. The Kier molecular flexibility index (Phi) is 7.06. The van der Waals surface area contributed by atoms with Gasteiger partial charge in [-0.1, -0.05) is 25.8 Å². The second kappa shape index (κ2) is 9.93. The van der Waals surface area contributed by atoms with Crippen LogP contribution in [0.3, 0.4) is 0 Å². The lowest BCUT2D eigenvalue weighted by Gasteiger charge is -2.20. The van der Waals surface area contributed by atoms with E-state index in [0.717, 1.165) is 32.4 Å². The van der Waals surface area contributed by atoms with Crippen LogP contribution in [0.1, 0.15) is 59.7 Å². The zero-order chi connectivity index (χ0) is 19.8. The van der Waals surface area contributed by atoms with Crippen LogP contribution in [0.25, 0.3) is 0 Å². The lowest BCUT2D eigenvalue weighted by Crippen LogP contribution is -2.31. The third-order valence-corrected chi connectivity index (χ3v) is 4.85. The van der Waals surface area contributed by atoms with Crippen molar-refractivity contribution in [3.8, 4) is 5.75 Å². The molecular formula is C23H28N2O3. The summed E-state index contributed by atoms with van der Waals surface area (Å²) < 4.78 is 5.58. The number of hydrogen-bond donors (Lipinski definition) is 1. The van der Waals surface area contributed by atoms with E-state index in [9.17, 15) is 9.59 Å². The molecule has 2 aromatic carbocycles. The fraction of sp³-hybridized carbons (Fsp3) is 0.391. The maximum atomic E-state index is 12.7. The van der Waals surface area contributed by atoms with Gasteiger partial charge in [0.1, 0.15) is 5.75 Å². The molecule has 1 saturated heterocycles. The number of carbonyl (C=O) groups excluding carboxylic acids is 2. The smallest absolute Gasteiger partial charge is 0.255 e. The van der Waals surface area contributed by atoms with Crippen LogP contribution in [-0.2, 0) is 0 Å². The molecule has 3 rings (SSSR count). The summed E-state index contributed by atoms with van der Waals surface area (Å²) in [6.45, 7) is 4.32. The van der Waals surface area contributed by atoms with Gasteiger partial charge in [0.15, 0.2) is 0 Å². The van der Waals surface area contributed by atoms with Crippen molar-refractivity contribution in [1.82, 2.24) is 4.90 Å². The first-order valence-electron chi connectivity index (χ1n) is 10.1. The number of rotatable bonds is 6. The van der Waals surface area contributed by atoms with Crippen molar-refractivity contribution in [2.75, 3.05) is 25.0 Å². The summed E-state index contributed by atoms with van der Waals surface area (Å²) in [4.78, 5) is 27.1. The lowest BCUT2D eigenvalue weighted by molar-refractivity contribution is 0.0761. The third-order valence-electron chi connectivity index (χ3n) is 4.85. The molecule has 0 atom stereocenters. The highest BCUT2D eigenvalue weighted by Crippen LogP contribution is 2.18. The van der Waals surface area contributed by atoms with E-state index >= 15 is 0 Å². The molecule has 0 aromatic heterocycles. The SMILES string of the molecule is CCCOc1cccc(C(=O)Nc2ccc(C(=O)N3CCCCCC3)cc2)c1. The molecule has 1 aliphatic heterocycles. The number of carbonyl (C=O) groups is 2. The summed E-state index contributed by atoms with van der Waals surface area (Å²) in [5.74, 6) is 0.557. The molecule has 0 aliphatic carbocycles. The molecule has 1 aliphatic rings. The Hall–Kier alpha value is -2.82. The van der Waals surface area contributed by atoms with Gasteiger partial charge in [-0.3, -0.25) is 9.59 Å². The van der Waals surface area contributed by atoms with Crippen LogP contribution in [0.15, 0.2) is 48.5 Å². The van der Waals surface area contributed by atoms with Crippen molar-refractivity contribution in [3.63, 3.8) is 0 Å². The van der Waals surface area contributed by atoms with E-state index in [4.69, 9.17) is 4.74 Å². The van der Waals surface area contributed by atoms with Crippen molar-refractivity contribution in [1.29, 1.82) is 0 Å². The fourth-order valence-electron chi connectivity index (χ4n) is 3.30. The molecule has 5 heteroatoms. The molecule has 0 bridgehead atoms. The van der Waals surface area contributed by atoms with E-state index in [1.165, 1.54) is 12.8 Å². The summed E-state index contributed by atoms with van der Waals surface area (Å²) >= 11 is 0. The van der Waals surface area contributed by atoms with Crippen LogP contribution >= 0.6 is 0 Å². The first-order valence-corrected chi connectivity index (χ1v) is 10.1. The summed E-state index contributed by atoms with van der Waals surface area (Å²) in [5, 5.41) is 2.88. The molecule has 2 amide bonds. The number of benzene rings is 2. The Morgan fingerprint density at radius 2 is 1.68 bits per heavy atom. The highest BCUT2D eigenvalue weighted by atomic mass is 16.5. The third kappa shape index (κ3) is 5.35. The Bertz CT molecular complexity index is 794. The van der Waals surface area contributed by atoms with Crippen LogP contribution in [-0.4, -0.2) is 36.4 Å². The van der Waals surface area contributed by atoms with Crippen LogP contribution in [0.5, 0.6) is 5.75 Å². The predicted octanol–water partition coefficient (Wildman–Crippen LogP) is 4.74. The monoisotopic (exact) mass is 380 g/mol. The minimum absolute atomic E-state index is 0.0700. The van der Waals surface area contributed by atoms with Crippen molar-refractivity contribution < 1.29 is 14.3 Å². The molecule has 0 radical (unpaired) electrons. The van der Waals surface area contributed by atoms with Crippen LogP contribution < -0.4 is 10.1 Å². The number of hydrogen-bond acceptors (Lipinski definition) is 3.